The summed E-state index contributed by atoms with van der Waals surface area (Å²) in [7, 11) is 1.58. The zero-order valence-electron chi connectivity index (χ0n) is 34.0. The molecule has 2 aliphatic heterocycles. The molecule has 15 nitrogen and oxygen atoms in total. The van der Waals surface area contributed by atoms with Crippen molar-refractivity contribution in [2.45, 2.75) is 72.9 Å². The highest BCUT2D eigenvalue weighted by atomic mass is 16.6. The summed E-state index contributed by atoms with van der Waals surface area (Å²) in [4.78, 5) is 56.9. The summed E-state index contributed by atoms with van der Waals surface area (Å²) in [5, 5.41) is 6.53. The van der Waals surface area contributed by atoms with Crippen LogP contribution in [0, 0.1) is 6.92 Å². The van der Waals surface area contributed by atoms with Crippen molar-refractivity contribution in [3.05, 3.63) is 65.2 Å². The largest absolute Gasteiger partial charge is 0.497 e. The first-order valence-electron chi connectivity index (χ1n) is 18.9. The third-order valence-electron chi connectivity index (χ3n) is 8.34. The summed E-state index contributed by atoms with van der Waals surface area (Å²) in [6.45, 7) is 19.6. The molecule has 4 rings (SSSR count). The number of nitrogens with one attached hydrogen (secondary N) is 2. The maximum absolute atomic E-state index is 13.0. The zero-order valence-corrected chi connectivity index (χ0v) is 34.0. The first kappa shape index (κ1) is 44.6. The fourth-order valence-corrected chi connectivity index (χ4v) is 5.29. The molecule has 0 spiro atoms. The van der Waals surface area contributed by atoms with Gasteiger partial charge in [0.25, 0.3) is 0 Å². The molecule has 0 aromatic heterocycles. The summed E-state index contributed by atoms with van der Waals surface area (Å²) in [6.07, 6.45) is -1.79. The number of carbonyl (C=O) groups is 4. The lowest BCUT2D eigenvalue weighted by Gasteiger charge is -2.28. The standard InChI is InChI=1S/C29H39N3O7.C11H23N3O2/c1-22-6-8-23(9-7-22)20-37-26(33)30-14-15-31(17-19-32(18-16-30)28(35)39-29(2,3)4)27(34)38-21-24-10-12-25(36-5)13-11-24;1-11(2,3)16-10(15)14-8-6-12-4-5-13-7-9-14/h6-13H,14-21H2,1-5H3;12-13H,4-9H2,1-3H3. The van der Waals surface area contributed by atoms with E-state index in [9.17, 15) is 19.2 Å². The van der Waals surface area contributed by atoms with Gasteiger partial charge in [0.2, 0.25) is 0 Å². The van der Waals surface area contributed by atoms with Crippen LogP contribution in [0.1, 0.15) is 58.2 Å². The van der Waals surface area contributed by atoms with Crippen molar-refractivity contribution in [1.29, 1.82) is 0 Å². The van der Waals surface area contributed by atoms with Crippen LogP contribution in [0.2, 0.25) is 0 Å². The minimum Gasteiger partial charge on any atom is -0.497 e. The lowest BCUT2D eigenvalue weighted by molar-refractivity contribution is 0.0220. The second-order valence-electron chi connectivity index (χ2n) is 15.4. The summed E-state index contributed by atoms with van der Waals surface area (Å²) in [6, 6.07) is 15.0. The van der Waals surface area contributed by atoms with Crippen molar-refractivity contribution < 1.29 is 42.9 Å². The molecule has 2 saturated heterocycles. The summed E-state index contributed by atoms with van der Waals surface area (Å²) < 4.78 is 27.2. The molecule has 15 heteroatoms. The number of nitrogens with zero attached hydrogens (tertiary/aromatic N) is 4. The van der Waals surface area contributed by atoms with E-state index in [1.54, 1.807) is 44.9 Å². The zero-order chi connectivity index (χ0) is 40.4. The molecular formula is C40H62N6O9. The second-order valence-corrected chi connectivity index (χ2v) is 15.4. The van der Waals surface area contributed by atoms with Crippen molar-refractivity contribution in [3.63, 3.8) is 0 Å². The molecule has 2 aliphatic rings. The molecule has 2 fully saturated rings. The van der Waals surface area contributed by atoms with Crippen LogP contribution in [-0.4, -0.2) is 141 Å². The molecule has 0 radical (unpaired) electrons. The molecule has 0 bridgehead atoms. The Bertz CT molecular complexity index is 1480. The predicted molar refractivity (Wildman–Crippen MR) is 209 cm³/mol. The van der Waals surface area contributed by atoms with Gasteiger partial charge in [-0.3, -0.25) is 0 Å². The lowest BCUT2D eigenvalue weighted by Crippen LogP contribution is -2.44. The average Bonchev–Trinajstić information content (AvgIpc) is 3.34. The van der Waals surface area contributed by atoms with Gasteiger partial charge in [-0.2, -0.15) is 0 Å². The molecule has 55 heavy (non-hydrogen) atoms. The normalized spacial score (nSPS) is 16.0. The summed E-state index contributed by atoms with van der Waals surface area (Å²) in [5.41, 5.74) is 1.70. The van der Waals surface area contributed by atoms with E-state index in [0.29, 0.717) is 18.8 Å². The molecule has 2 heterocycles. The number of ether oxygens (including phenoxy) is 5. The van der Waals surface area contributed by atoms with Gasteiger partial charge in [-0.15, -0.1) is 0 Å². The number of rotatable bonds is 5. The minimum absolute atomic E-state index is 0.0808. The highest BCUT2D eigenvalue weighted by Crippen LogP contribution is 2.15. The van der Waals surface area contributed by atoms with Crippen LogP contribution in [0.25, 0.3) is 0 Å². The summed E-state index contributed by atoms with van der Waals surface area (Å²) in [5.74, 6) is 0.710. The third kappa shape index (κ3) is 17.5. The Morgan fingerprint density at radius 1 is 0.527 bits per heavy atom. The second kappa shape index (κ2) is 22.0. The Kier molecular flexibility index (Phi) is 17.8. The molecule has 2 aromatic carbocycles. The number of benzene rings is 2. The SMILES string of the molecule is CC(C)(C)OC(=O)N1CCNCCNCC1.COc1ccc(COC(=O)N2CCN(C(=O)OCc3ccc(C)cc3)CCN(C(=O)OC(C)(C)C)CC2)cc1. The third-order valence-corrected chi connectivity index (χ3v) is 8.34. The van der Waals surface area contributed by atoms with E-state index >= 15 is 0 Å². The maximum Gasteiger partial charge on any atom is 0.410 e. The van der Waals surface area contributed by atoms with Gasteiger partial charge in [0.15, 0.2) is 0 Å². The van der Waals surface area contributed by atoms with Crippen LogP contribution < -0.4 is 15.4 Å². The minimum atomic E-state index is -0.681. The first-order chi connectivity index (χ1) is 26.0. The van der Waals surface area contributed by atoms with Crippen LogP contribution in [0.5, 0.6) is 5.75 Å². The van der Waals surface area contributed by atoms with Gasteiger partial charge in [-0.05, 0) is 71.7 Å². The quantitative estimate of drug-likeness (QED) is 0.384. The monoisotopic (exact) mass is 770 g/mol. The van der Waals surface area contributed by atoms with Crippen molar-refractivity contribution in [2.75, 3.05) is 85.6 Å². The maximum atomic E-state index is 13.0. The topological polar surface area (TPSA) is 151 Å². The van der Waals surface area contributed by atoms with E-state index in [1.165, 1.54) is 14.7 Å². The van der Waals surface area contributed by atoms with Crippen LogP contribution >= 0.6 is 0 Å². The van der Waals surface area contributed by atoms with Gasteiger partial charge in [0, 0.05) is 78.5 Å². The number of hydrogen-bond acceptors (Lipinski definition) is 11. The molecule has 0 unspecified atom stereocenters. The van der Waals surface area contributed by atoms with Crippen LogP contribution in [0.3, 0.4) is 0 Å². The Morgan fingerprint density at radius 3 is 1.24 bits per heavy atom. The number of aryl methyl sites for hydroxylation is 1. The Balaban J connectivity index is 0.000000424. The van der Waals surface area contributed by atoms with Crippen molar-refractivity contribution >= 4 is 24.4 Å². The van der Waals surface area contributed by atoms with Crippen molar-refractivity contribution in [3.8, 4) is 5.75 Å². The van der Waals surface area contributed by atoms with Gasteiger partial charge in [-0.1, -0.05) is 42.0 Å². The molecular weight excluding hydrogens is 708 g/mol. The smallest absolute Gasteiger partial charge is 0.410 e. The first-order valence-corrected chi connectivity index (χ1v) is 18.9. The Labute approximate surface area is 326 Å². The molecule has 0 aliphatic carbocycles. The van der Waals surface area contributed by atoms with E-state index in [0.717, 1.165) is 42.9 Å². The fraction of sp³-hybridized carbons (Fsp3) is 0.600. The molecule has 2 N–H and O–H groups in total. The van der Waals surface area contributed by atoms with Gasteiger partial charge in [0.05, 0.1) is 7.11 Å². The van der Waals surface area contributed by atoms with Gasteiger partial charge >= 0.3 is 24.4 Å². The van der Waals surface area contributed by atoms with E-state index in [-0.39, 0.29) is 58.6 Å². The number of carbonyl (C=O) groups excluding carboxylic acids is 4. The molecule has 0 saturated carbocycles. The Morgan fingerprint density at radius 2 is 0.873 bits per heavy atom. The van der Waals surface area contributed by atoms with E-state index < -0.39 is 29.5 Å². The molecule has 0 atom stereocenters. The molecule has 2 aromatic rings. The molecule has 4 amide bonds. The highest BCUT2D eigenvalue weighted by Gasteiger charge is 2.28. The Hall–Kier alpha value is -4.76. The van der Waals surface area contributed by atoms with E-state index in [2.05, 4.69) is 10.6 Å². The average molecular weight is 771 g/mol. The van der Waals surface area contributed by atoms with Gasteiger partial charge < -0.3 is 53.9 Å². The number of amides is 4. The number of methoxy groups -OCH3 is 1. The highest BCUT2D eigenvalue weighted by molar-refractivity contribution is 5.71. The van der Waals surface area contributed by atoms with Crippen molar-refractivity contribution in [1.82, 2.24) is 30.2 Å². The lowest BCUT2D eigenvalue weighted by atomic mass is 10.2. The fourth-order valence-electron chi connectivity index (χ4n) is 5.29. The number of hydrogen-bond donors (Lipinski definition) is 2. The van der Waals surface area contributed by atoms with Crippen LogP contribution in [-0.2, 0) is 32.2 Å². The van der Waals surface area contributed by atoms with Crippen LogP contribution in [0.15, 0.2) is 48.5 Å². The van der Waals surface area contributed by atoms with Crippen molar-refractivity contribution in [2.24, 2.45) is 0 Å². The van der Waals surface area contributed by atoms with Gasteiger partial charge in [-0.25, -0.2) is 19.2 Å². The summed E-state index contributed by atoms with van der Waals surface area (Å²) >= 11 is 0. The van der Waals surface area contributed by atoms with E-state index in [4.69, 9.17) is 23.7 Å². The van der Waals surface area contributed by atoms with Gasteiger partial charge in [0.1, 0.15) is 30.2 Å². The predicted octanol–water partition coefficient (Wildman–Crippen LogP) is 5.25. The molecule has 306 valence electrons. The van der Waals surface area contributed by atoms with E-state index in [1.807, 2.05) is 64.1 Å². The van der Waals surface area contributed by atoms with Crippen LogP contribution in [0.4, 0.5) is 19.2 Å².